The largest absolute Gasteiger partial charge is 0.369 e. The van der Waals surface area contributed by atoms with Gasteiger partial charge in [0.15, 0.2) is 5.96 Å². The van der Waals surface area contributed by atoms with E-state index in [2.05, 4.69) is 38.4 Å². The minimum atomic E-state index is 0. The van der Waals surface area contributed by atoms with Crippen molar-refractivity contribution in [3.05, 3.63) is 29.3 Å². The molecule has 7 heteroatoms. The molecule has 2 aliphatic rings. The predicted molar refractivity (Wildman–Crippen MR) is 122 cm³/mol. The molecule has 0 amide bonds. The van der Waals surface area contributed by atoms with E-state index in [1.807, 2.05) is 25.2 Å². The Morgan fingerprint density at radius 3 is 2.84 bits per heavy atom. The van der Waals surface area contributed by atoms with Crippen molar-refractivity contribution in [3.63, 3.8) is 0 Å². The van der Waals surface area contributed by atoms with Crippen molar-refractivity contribution >= 4 is 59.0 Å². The van der Waals surface area contributed by atoms with Crippen LogP contribution in [-0.4, -0.2) is 50.2 Å². The molecule has 2 N–H and O–H groups in total. The molecule has 3 rings (SSSR count). The highest BCUT2D eigenvalue weighted by molar-refractivity contribution is 14.0. The molecule has 0 radical (unpaired) electrons. The van der Waals surface area contributed by atoms with E-state index in [4.69, 9.17) is 11.6 Å². The molecule has 0 bridgehead atoms. The molecule has 2 fully saturated rings. The van der Waals surface area contributed by atoms with Crippen molar-refractivity contribution in [2.24, 2.45) is 10.9 Å². The Hall–Kier alpha value is -0.340. The molecule has 0 aromatic heterocycles. The maximum Gasteiger partial charge on any atom is 0.191 e. The summed E-state index contributed by atoms with van der Waals surface area (Å²) in [4.78, 5) is 6.78. The van der Waals surface area contributed by atoms with E-state index in [0.717, 1.165) is 43.0 Å². The third-order valence-electron chi connectivity index (χ3n) is 4.83. The number of rotatable bonds is 4. The fraction of sp³-hybridized carbons (Fsp3) is 0.611. The Balaban J connectivity index is 0.00000225. The van der Waals surface area contributed by atoms with Crippen LogP contribution in [0, 0.1) is 5.92 Å². The second-order valence-corrected chi connectivity index (χ2v) is 8.23. The van der Waals surface area contributed by atoms with Crippen LogP contribution in [0.1, 0.15) is 19.3 Å². The molecule has 1 aromatic carbocycles. The van der Waals surface area contributed by atoms with Gasteiger partial charge in [0.05, 0.1) is 0 Å². The molecule has 2 heterocycles. The molecular weight excluding hydrogens is 467 g/mol. The zero-order valence-corrected chi connectivity index (χ0v) is 18.6. The fourth-order valence-corrected chi connectivity index (χ4v) is 4.75. The molecule has 140 valence electrons. The van der Waals surface area contributed by atoms with E-state index >= 15 is 0 Å². The minimum absolute atomic E-state index is 0. The smallest absolute Gasteiger partial charge is 0.191 e. The van der Waals surface area contributed by atoms with Crippen LogP contribution in [0.5, 0.6) is 0 Å². The molecule has 25 heavy (non-hydrogen) atoms. The number of benzene rings is 1. The van der Waals surface area contributed by atoms with Crippen LogP contribution in [0.15, 0.2) is 29.3 Å². The summed E-state index contributed by atoms with van der Waals surface area (Å²) in [7, 11) is 1.86. The summed E-state index contributed by atoms with van der Waals surface area (Å²) in [6.07, 6.45) is 3.76. The highest BCUT2D eigenvalue weighted by atomic mass is 127. The minimum Gasteiger partial charge on any atom is -0.369 e. The summed E-state index contributed by atoms with van der Waals surface area (Å²) in [5.74, 6) is 4.33. The molecule has 2 aliphatic heterocycles. The first-order valence-electron chi connectivity index (χ1n) is 8.80. The Kier molecular flexibility index (Phi) is 8.99. The predicted octanol–water partition coefficient (Wildman–Crippen LogP) is 3.84. The standard InChI is InChI=1S/C18H27ClN4S.HI/c1-20-18(21-12-14-6-9-24-10-7-14)22-16-5-8-23(13-16)17-4-2-3-15(19)11-17;/h2-4,11,14,16H,5-10,12-13H2,1H3,(H2,20,21,22);1H. The topological polar surface area (TPSA) is 39.7 Å². The summed E-state index contributed by atoms with van der Waals surface area (Å²) in [5, 5.41) is 7.90. The van der Waals surface area contributed by atoms with Crippen LogP contribution in [0.2, 0.25) is 5.02 Å². The number of hydrogen-bond acceptors (Lipinski definition) is 3. The SMILES string of the molecule is CN=C(NCC1CCSCC1)NC1CCN(c2cccc(Cl)c2)C1.I. The van der Waals surface area contributed by atoms with Gasteiger partial charge in [0.1, 0.15) is 0 Å². The van der Waals surface area contributed by atoms with Gasteiger partial charge in [0.25, 0.3) is 0 Å². The summed E-state index contributed by atoms with van der Waals surface area (Å²) in [5.41, 5.74) is 1.20. The summed E-state index contributed by atoms with van der Waals surface area (Å²) < 4.78 is 0. The van der Waals surface area contributed by atoms with Gasteiger partial charge < -0.3 is 15.5 Å². The third kappa shape index (κ3) is 6.40. The lowest BCUT2D eigenvalue weighted by molar-refractivity contribution is 0.477. The van der Waals surface area contributed by atoms with Crippen molar-refractivity contribution in [1.29, 1.82) is 0 Å². The first-order valence-corrected chi connectivity index (χ1v) is 10.3. The molecule has 1 atom stereocenters. The van der Waals surface area contributed by atoms with Crippen molar-refractivity contribution < 1.29 is 0 Å². The normalized spacial score (nSPS) is 21.8. The summed E-state index contributed by atoms with van der Waals surface area (Å²) >= 11 is 8.18. The van der Waals surface area contributed by atoms with Gasteiger partial charge >= 0.3 is 0 Å². The molecular formula is C18H28ClIN4S. The quantitative estimate of drug-likeness (QED) is 0.379. The fourth-order valence-electron chi connectivity index (χ4n) is 3.36. The van der Waals surface area contributed by atoms with Crippen molar-refractivity contribution in [2.45, 2.75) is 25.3 Å². The zero-order valence-electron chi connectivity index (χ0n) is 14.7. The molecule has 1 aromatic rings. The van der Waals surface area contributed by atoms with Crippen molar-refractivity contribution in [2.75, 3.05) is 43.1 Å². The number of hydrogen-bond donors (Lipinski definition) is 2. The van der Waals surface area contributed by atoms with Crippen LogP contribution >= 0.6 is 47.3 Å². The number of nitrogens with one attached hydrogen (secondary N) is 2. The summed E-state index contributed by atoms with van der Waals surface area (Å²) in [6.45, 7) is 3.07. The van der Waals surface area contributed by atoms with E-state index < -0.39 is 0 Å². The van der Waals surface area contributed by atoms with Gasteiger partial charge in [0.2, 0.25) is 0 Å². The molecule has 0 saturated carbocycles. The number of thioether (sulfide) groups is 1. The second kappa shape index (κ2) is 10.7. The maximum atomic E-state index is 6.11. The summed E-state index contributed by atoms with van der Waals surface area (Å²) in [6, 6.07) is 8.53. The maximum absolute atomic E-state index is 6.11. The Labute approximate surface area is 177 Å². The van der Waals surface area contributed by atoms with Gasteiger partial charge in [0, 0.05) is 43.4 Å². The lowest BCUT2D eigenvalue weighted by Crippen LogP contribution is -2.46. The van der Waals surface area contributed by atoms with Gasteiger partial charge in [-0.2, -0.15) is 11.8 Å². The van der Waals surface area contributed by atoms with Crippen LogP contribution < -0.4 is 15.5 Å². The molecule has 0 spiro atoms. The number of guanidine groups is 1. The van der Waals surface area contributed by atoms with Crippen LogP contribution in [0.4, 0.5) is 5.69 Å². The number of anilines is 1. The Morgan fingerprint density at radius 2 is 2.12 bits per heavy atom. The number of aliphatic imine (C=N–C) groups is 1. The second-order valence-electron chi connectivity index (χ2n) is 6.56. The van der Waals surface area contributed by atoms with Crippen molar-refractivity contribution in [3.8, 4) is 0 Å². The highest BCUT2D eigenvalue weighted by Gasteiger charge is 2.24. The lowest BCUT2D eigenvalue weighted by atomic mass is 10.0. The number of halogens is 2. The average Bonchev–Trinajstić information content (AvgIpc) is 3.08. The van der Waals surface area contributed by atoms with Gasteiger partial charge in [-0.05, 0) is 54.9 Å². The van der Waals surface area contributed by atoms with Crippen LogP contribution in [0.25, 0.3) is 0 Å². The average molecular weight is 495 g/mol. The monoisotopic (exact) mass is 494 g/mol. The molecule has 0 aliphatic carbocycles. The van der Waals surface area contributed by atoms with Crippen molar-refractivity contribution in [1.82, 2.24) is 10.6 Å². The van der Waals surface area contributed by atoms with Crippen LogP contribution in [0.3, 0.4) is 0 Å². The zero-order chi connectivity index (χ0) is 16.8. The van der Waals surface area contributed by atoms with Gasteiger partial charge in [-0.1, -0.05) is 17.7 Å². The molecule has 2 saturated heterocycles. The first-order chi connectivity index (χ1) is 11.7. The number of nitrogens with zero attached hydrogens (tertiary/aromatic N) is 2. The van der Waals surface area contributed by atoms with Gasteiger partial charge in [-0.25, -0.2) is 0 Å². The van der Waals surface area contributed by atoms with E-state index in [9.17, 15) is 0 Å². The van der Waals surface area contributed by atoms with E-state index in [1.165, 1.54) is 30.0 Å². The lowest BCUT2D eigenvalue weighted by Gasteiger charge is -2.24. The van der Waals surface area contributed by atoms with E-state index in [0.29, 0.717) is 6.04 Å². The van der Waals surface area contributed by atoms with Gasteiger partial charge in [-0.3, -0.25) is 4.99 Å². The Bertz CT molecular complexity index is 566. The first kappa shape index (κ1) is 21.0. The highest BCUT2D eigenvalue weighted by Crippen LogP contribution is 2.24. The van der Waals surface area contributed by atoms with Gasteiger partial charge in [-0.15, -0.1) is 24.0 Å². The molecule has 1 unspecified atom stereocenters. The third-order valence-corrected chi connectivity index (χ3v) is 6.11. The molecule has 4 nitrogen and oxygen atoms in total. The Morgan fingerprint density at radius 1 is 1.32 bits per heavy atom. The van der Waals surface area contributed by atoms with Crippen LogP contribution in [-0.2, 0) is 0 Å². The van der Waals surface area contributed by atoms with E-state index in [1.54, 1.807) is 0 Å². The van der Waals surface area contributed by atoms with E-state index in [-0.39, 0.29) is 24.0 Å².